The predicted octanol–water partition coefficient (Wildman–Crippen LogP) is -1.29. The molecule has 10 heavy (non-hydrogen) atoms. The summed E-state index contributed by atoms with van der Waals surface area (Å²) in [5, 5.41) is 11.9. The molecule has 1 heterocycles. The molecule has 0 radical (unpaired) electrons. The molecule has 1 rings (SSSR count). The molecule has 0 aliphatic carbocycles. The van der Waals surface area contributed by atoms with Crippen LogP contribution in [-0.2, 0) is 4.79 Å². The van der Waals surface area contributed by atoms with Crippen LogP contribution in [0.3, 0.4) is 0 Å². The summed E-state index contributed by atoms with van der Waals surface area (Å²) in [5.41, 5.74) is 0. The van der Waals surface area contributed by atoms with Gasteiger partial charge in [-0.1, -0.05) is 0 Å². The number of urea groups is 1. The summed E-state index contributed by atoms with van der Waals surface area (Å²) in [6.07, 6.45) is 1.37. The summed E-state index contributed by atoms with van der Waals surface area (Å²) in [6, 6.07) is -0.654. The third-order valence-corrected chi connectivity index (χ3v) is 0.836. The number of hydrogen-bond acceptors (Lipinski definition) is 4. The lowest BCUT2D eigenvalue weighted by atomic mass is 10.6. The molecule has 50 valence electrons. The number of amides is 3. The van der Waals surface area contributed by atoms with E-state index in [2.05, 4.69) is 4.99 Å². The van der Waals surface area contributed by atoms with Crippen molar-refractivity contribution in [2.24, 2.45) is 4.99 Å². The van der Waals surface area contributed by atoms with Crippen LogP contribution in [0.2, 0.25) is 0 Å². The van der Waals surface area contributed by atoms with Crippen molar-refractivity contribution >= 4 is 17.8 Å². The van der Waals surface area contributed by atoms with E-state index in [1.807, 2.05) is 10.6 Å². The molecule has 0 aromatic heterocycles. The fourth-order valence-corrected chi connectivity index (χ4v) is 0.487. The number of nitriles is 1. The Morgan fingerprint density at radius 3 is 2.50 bits per heavy atom. The zero-order valence-corrected chi connectivity index (χ0v) is 4.71. The minimum atomic E-state index is -0.674. The molecule has 1 aliphatic heterocycles. The zero-order valence-electron chi connectivity index (χ0n) is 4.71. The van der Waals surface area contributed by atoms with Crippen molar-refractivity contribution in [1.29, 1.82) is 5.26 Å². The Morgan fingerprint density at radius 1 is 1.40 bits per heavy atom. The first kappa shape index (κ1) is 6.22. The third-order valence-electron chi connectivity index (χ3n) is 0.836. The molecule has 1 aliphatic rings. The molecular formula is C4H2N4O2. The van der Waals surface area contributed by atoms with E-state index in [9.17, 15) is 9.59 Å². The van der Waals surface area contributed by atoms with E-state index < -0.39 is 11.9 Å². The zero-order chi connectivity index (χ0) is 7.56. The summed E-state index contributed by atoms with van der Waals surface area (Å²) in [7, 11) is 0. The third kappa shape index (κ3) is 0.925. The maximum atomic E-state index is 10.5. The number of nitrogens with one attached hydrogen (secondary N) is 2. The molecular weight excluding hydrogens is 136 g/mol. The van der Waals surface area contributed by atoms with Crippen LogP contribution in [-0.4, -0.2) is 17.8 Å². The van der Waals surface area contributed by atoms with Crippen molar-refractivity contribution in [2.45, 2.75) is 0 Å². The van der Waals surface area contributed by atoms with E-state index in [1.54, 1.807) is 0 Å². The SMILES string of the molecule is N#CN=C1NC(=O)NC1=O. The Labute approximate surface area is 55.5 Å². The first-order valence-electron chi connectivity index (χ1n) is 2.33. The van der Waals surface area contributed by atoms with Crippen molar-refractivity contribution in [3.63, 3.8) is 0 Å². The predicted molar refractivity (Wildman–Crippen MR) is 29.7 cm³/mol. The van der Waals surface area contributed by atoms with Gasteiger partial charge in [-0.15, -0.1) is 4.99 Å². The highest BCUT2D eigenvalue weighted by Crippen LogP contribution is 1.83. The van der Waals surface area contributed by atoms with Crippen LogP contribution < -0.4 is 10.6 Å². The number of carbonyl (C=O) groups excluding carboxylic acids is 2. The number of nitrogens with zero attached hydrogens (tertiary/aromatic N) is 2. The number of aliphatic imine (C=N–C) groups is 1. The van der Waals surface area contributed by atoms with Crippen LogP contribution in [0.25, 0.3) is 0 Å². The summed E-state index contributed by atoms with van der Waals surface area (Å²) < 4.78 is 0. The van der Waals surface area contributed by atoms with Crippen LogP contribution >= 0.6 is 0 Å². The van der Waals surface area contributed by atoms with E-state index in [-0.39, 0.29) is 5.84 Å². The minimum Gasteiger partial charge on any atom is -0.287 e. The molecule has 0 aromatic carbocycles. The van der Waals surface area contributed by atoms with E-state index in [0.717, 1.165) is 0 Å². The lowest BCUT2D eigenvalue weighted by Gasteiger charge is -1.81. The monoisotopic (exact) mass is 138 g/mol. The van der Waals surface area contributed by atoms with Crippen molar-refractivity contribution in [3.8, 4) is 6.19 Å². The van der Waals surface area contributed by atoms with Gasteiger partial charge in [-0.2, -0.15) is 5.26 Å². The lowest BCUT2D eigenvalue weighted by molar-refractivity contribution is -0.113. The molecule has 0 spiro atoms. The maximum Gasteiger partial charge on any atom is 0.327 e. The van der Waals surface area contributed by atoms with Gasteiger partial charge in [0.25, 0.3) is 5.91 Å². The topological polar surface area (TPSA) is 94.3 Å². The highest BCUT2D eigenvalue weighted by molar-refractivity contribution is 6.47. The van der Waals surface area contributed by atoms with E-state index in [4.69, 9.17) is 5.26 Å². The normalized spacial score (nSPS) is 20.1. The van der Waals surface area contributed by atoms with Crippen LogP contribution in [0, 0.1) is 11.5 Å². The van der Waals surface area contributed by atoms with Crippen LogP contribution in [0.4, 0.5) is 4.79 Å². The second-order valence-electron chi connectivity index (χ2n) is 1.47. The maximum absolute atomic E-state index is 10.5. The smallest absolute Gasteiger partial charge is 0.287 e. The Bertz CT molecular complexity index is 261. The second kappa shape index (κ2) is 2.14. The van der Waals surface area contributed by atoms with Crippen LogP contribution in [0.5, 0.6) is 0 Å². The standard InChI is InChI=1S/C4H2N4O2/c5-1-6-2-3(9)8-4(10)7-2/h(H2,6,7,8,9,10). The van der Waals surface area contributed by atoms with Crippen molar-refractivity contribution in [3.05, 3.63) is 0 Å². The molecule has 0 bridgehead atoms. The van der Waals surface area contributed by atoms with Gasteiger partial charge in [-0.3, -0.25) is 15.4 Å². The summed E-state index contributed by atoms with van der Waals surface area (Å²) in [6.45, 7) is 0. The average molecular weight is 138 g/mol. The fraction of sp³-hybridized carbons (Fsp3) is 0. The van der Waals surface area contributed by atoms with Gasteiger partial charge >= 0.3 is 6.03 Å². The molecule has 1 fully saturated rings. The summed E-state index contributed by atoms with van der Waals surface area (Å²) in [4.78, 5) is 23.8. The molecule has 6 nitrogen and oxygen atoms in total. The number of amidine groups is 1. The van der Waals surface area contributed by atoms with E-state index in [0.29, 0.717) is 0 Å². The van der Waals surface area contributed by atoms with Gasteiger partial charge in [0.2, 0.25) is 12.0 Å². The Kier molecular flexibility index (Phi) is 1.33. The second-order valence-corrected chi connectivity index (χ2v) is 1.47. The van der Waals surface area contributed by atoms with Gasteiger partial charge in [0.05, 0.1) is 0 Å². The van der Waals surface area contributed by atoms with Crippen LogP contribution in [0.15, 0.2) is 4.99 Å². The molecule has 0 unspecified atom stereocenters. The highest BCUT2D eigenvalue weighted by atomic mass is 16.2. The fourth-order valence-electron chi connectivity index (χ4n) is 0.487. The summed E-state index contributed by atoms with van der Waals surface area (Å²) >= 11 is 0. The number of carbonyl (C=O) groups is 2. The summed E-state index contributed by atoms with van der Waals surface area (Å²) in [5.74, 6) is -0.931. The number of rotatable bonds is 0. The first-order chi connectivity index (χ1) is 4.74. The first-order valence-corrected chi connectivity index (χ1v) is 2.33. The van der Waals surface area contributed by atoms with Crippen molar-refractivity contribution in [1.82, 2.24) is 10.6 Å². The Balaban J connectivity index is 2.85. The Morgan fingerprint density at radius 2 is 2.10 bits per heavy atom. The molecule has 0 saturated carbocycles. The Hall–Kier alpha value is -1.90. The van der Waals surface area contributed by atoms with Gasteiger partial charge < -0.3 is 0 Å². The molecule has 6 heteroatoms. The molecule has 2 N–H and O–H groups in total. The van der Waals surface area contributed by atoms with E-state index >= 15 is 0 Å². The molecule has 0 atom stereocenters. The van der Waals surface area contributed by atoms with Gasteiger partial charge in [0.15, 0.2) is 0 Å². The largest absolute Gasteiger partial charge is 0.327 e. The van der Waals surface area contributed by atoms with E-state index in [1.165, 1.54) is 6.19 Å². The van der Waals surface area contributed by atoms with Crippen molar-refractivity contribution in [2.75, 3.05) is 0 Å². The van der Waals surface area contributed by atoms with Gasteiger partial charge in [0.1, 0.15) is 0 Å². The lowest BCUT2D eigenvalue weighted by Crippen LogP contribution is -2.22. The van der Waals surface area contributed by atoms with Gasteiger partial charge in [0, 0.05) is 0 Å². The van der Waals surface area contributed by atoms with Gasteiger partial charge in [-0.05, 0) is 0 Å². The molecule has 0 aromatic rings. The minimum absolute atomic E-state index is 0.257. The molecule has 1 saturated heterocycles. The van der Waals surface area contributed by atoms with Gasteiger partial charge in [-0.25, -0.2) is 4.79 Å². The van der Waals surface area contributed by atoms with Crippen LogP contribution in [0.1, 0.15) is 0 Å². The quantitative estimate of drug-likeness (QED) is 0.322. The average Bonchev–Trinajstić information content (AvgIpc) is 2.13. The number of imide groups is 1. The van der Waals surface area contributed by atoms with Crippen molar-refractivity contribution < 1.29 is 9.59 Å². The highest BCUT2D eigenvalue weighted by Gasteiger charge is 2.24. The number of hydrogen-bond donors (Lipinski definition) is 2. The molecule has 3 amide bonds.